The second-order valence-electron chi connectivity index (χ2n) is 4.20. The predicted molar refractivity (Wildman–Crippen MR) is 55.1 cm³/mol. The summed E-state index contributed by atoms with van der Waals surface area (Å²) in [5, 5.41) is 19.0. The molecule has 0 radical (unpaired) electrons. The molecule has 1 aliphatic carbocycles. The van der Waals surface area contributed by atoms with Gasteiger partial charge in [-0.25, -0.2) is 0 Å². The van der Waals surface area contributed by atoms with Gasteiger partial charge in [0.05, 0.1) is 12.7 Å². The highest BCUT2D eigenvalue weighted by atomic mass is 16.3. The largest absolute Gasteiger partial charge is 0.395 e. The summed E-state index contributed by atoms with van der Waals surface area (Å²) in [6.45, 7) is 0.133. The standard InChI is InChI=1S/C12H16O2/c13-9-12(7-6-11(14)8-12)10-4-2-1-3-5-10/h1-5,11,13-14H,6-9H2. The van der Waals surface area contributed by atoms with Gasteiger partial charge in [0.15, 0.2) is 0 Å². The van der Waals surface area contributed by atoms with Crippen LogP contribution >= 0.6 is 0 Å². The maximum Gasteiger partial charge on any atom is 0.0550 e. The van der Waals surface area contributed by atoms with E-state index in [4.69, 9.17) is 0 Å². The number of aliphatic hydroxyl groups is 2. The van der Waals surface area contributed by atoms with E-state index in [2.05, 4.69) is 0 Å². The van der Waals surface area contributed by atoms with Crippen LogP contribution in [-0.4, -0.2) is 22.9 Å². The molecule has 1 saturated carbocycles. The van der Waals surface area contributed by atoms with E-state index in [9.17, 15) is 10.2 Å². The van der Waals surface area contributed by atoms with Crippen molar-refractivity contribution in [1.82, 2.24) is 0 Å². The zero-order chi connectivity index (χ0) is 10.0. The van der Waals surface area contributed by atoms with E-state index < -0.39 is 0 Å². The van der Waals surface area contributed by atoms with Crippen molar-refractivity contribution in [2.75, 3.05) is 6.61 Å². The first-order valence-electron chi connectivity index (χ1n) is 5.11. The van der Waals surface area contributed by atoms with Crippen LogP contribution in [0.1, 0.15) is 24.8 Å². The molecule has 0 bridgehead atoms. The average Bonchev–Trinajstić information content (AvgIpc) is 2.63. The van der Waals surface area contributed by atoms with Crippen LogP contribution in [0.2, 0.25) is 0 Å². The van der Waals surface area contributed by atoms with Gasteiger partial charge in [-0.2, -0.15) is 0 Å². The van der Waals surface area contributed by atoms with Crippen molar-refractivity contribution in [3.8, 4) is 0 Å². The maximum atomic E-state index is 9.55. The highest BCUT2D eigenvalue weighted by Gasteiger charge is 2.39. The maximum absolute atomic E-state index is 9.55. The lowest BCUT2D eigenvalue weighted by atomic mass is 9.80. The van der Waals surface area contributed by atoms with Gasteiger partial charge in [-0.3, -0.25) is 0 Å². The molecule has 0 aliphatic heterocycles. The van der Waals surface area contributed by atoms with Gasteiger partial charge in [0.2, 0.25) is 0 Å². The number of aliphatic hydroxyl groups excluding tert-OH is 2. The molecule has 1 aliphatic rings. The zero-order valence-electron chi connectivity index (χ0n) is 8.19. The van der Waals surface area contributed by atoms with Crippen molar-refractivity contribution in [3.05, 3.63) is 35.9 Å². The molecule has 2 N–H and O–H groups in total. The van der Waals surface area contributed by atoms with E-state index in [0.29, 0.717) is 6.42 Å². The van der Waals surface area contributed by atoms with Crippen LogP contribution in [0.5, 0.6) is 0 Å². The zero-order valence-corrected chi connectivity index (χ0v) is 8.19. The predicted octanol–water partition coefficient (Wildman–Crippen LogP) is 1.46. The van der Waals surface area contributed by atoms with Gasteiger partial charge in [0.25, 0.3) is 0 Å². The molecule has 0 saturated heterocycles. The lowest BCUT2D eigenvalue weighted by Gasteiger charge is -2.27. The number of rotatable bonds is 2. The Morgan fingerprint density at radius 3 is 2.50 bits per heavy atom. The van der Waals surface area contributed by atoms with E-state index in [1.807, 2.05) is 30.3 Å². The Kier molecular flexibility index (Phi) is 2.57. The van der Waals surface area contributed by atoms with Gasteiger partial charge in [0, 0.05) is 5.41 Å². The van der Waals surface area contributed by atoms with E-state index in [-0.39, 0.29) is 18.1 Å². The van der Waals surface area contributed by atoms with Crippen molar-refractivity contribution in [3.63, 3.8) is 0 Å². The number of hydrogen-bond donors (Lipinski definition) is 2. The van der Waals surface area contributed by atoms with E-state index in [0.717, 1.165) is 18.4 Å². The normalized spacial score (nSPS) is 32.0. The minimum atomic E-state index is -0.248. The topological polar surface area (TPSA) is 40.5 Å². The highest BCUT2D eigenvalue weighted by Crippen LogP contribution is 2.40. The van der Waals surface area contributed by atoms with Crippen molar-refractivity contribution >= 4 is 0 Å². The molecule has 1 aromatic carbocycles. The molecule has 2 atom stereocenters. The lowest BCUT2D eigenvalue weighted by Crippen LogP contribution is -2.27. The summed E-state index contributed by atoms with van der Waals surface area (Å²) < 4.78 is 0. The summed E-state index contributed by atoms with van der Waals surface area (Å²) in [5.74, 6) is 0. The summed E-state index contributed by atoms with van der Waals surface area (Å²) in [4.78, 5) is 0. The third kappa shape index (κ3) is 1.56. The molecule has 2 unspecified atom stereocenters. The fourth-order valence-electron chi connectivity index (χ4n) is 2.39. The van der Waals surface area contributed by atoms with E-state index in [1.165, 1.54) is 0 Å². The van der Waals surface area contributed by atoms with Gasteiger partial charge in [-0.1, -0.05) is 30.3 Å². The minimum Gasteiger partial charge on any atom is -0.395 e. The summed E-state index contributed by atoms with van der Waals surface area (Å²) >= 11 is 0. The Morgan fingerprint density at radius 1 is 1.29 bits per heavy atom. The van der Waals surface area contributed by atoms with Crippen LogP contribution in [-0.2, 0) is 5.41 Å². The second-order valence-corrected chi connectivity index (χ2v) is 4.20. The van der Waals surface area contributed by atoms with Gasteiger partial charge >= 0.3 is 0 Å². The molecule has 2 heteroatoms. The molecule has 14 heavy (non-hydrogen) atoms. The summed E-state index contributed by atoms with van der Waals surface area (Å²) in [7, 11) is 0. The van der Waals surface area contributed by atoms with E-state index >= 15 is 0 Å². The second kappa shape index (κ2) is 3.71. The first kappa shape index (κ1) is 9.69. The first-order valence-corrected chi connectivity index (χ1v) is 5.11. The molecule has 76 valence electrons. The van der Waals surface area contributed by atoms with Gasteiger partial charge in [-0.15, -0.1) is 0 Å². The number of benzene rings is 1. The Labute approximate surface area is 84.2 Å². The van der Waals surface area contributed by atoms with Gasteiger partial charge in [0.1, 0.15) is 0 Å². The molecular weight excluding hydrogens is 176 g/mol. The fraction of sp³-hybridized carbons (Fsp3) is 0.500. The fourth-order valence-corrected chi connectivity index (χ4v) is 2.39. The molecule has 0 heterocycles. The lowest BCUT2D eigenvalue weighted by molar-refractivity contribution is 0.148. The van der Waals surface area contributed by atoms with Crippen molar-refractivity contribution in [2.45, 2.75) is 30.8 Å². The van der Waals surface area contributed by atoms with Gasteiger partial charge in [-0.05, 0) is 24.8 Å². The van der Waals surface area contributed by atoms with Crippen LogP contribution in [0.15, 0.2) is 30.3 Å². The van der Waals surface area contributed by atoms with Crippen LogP contribution in [0.25, 0.3) is 0 Å². The minimum absolute atomic E-state index is 0.133. The van der Waals surface area contributed by atoms with Crippen LogP contribution < -0.4 is 0 Å². The molecule has 2 rings (SSSR count). The third-order valence-electron chi connectivity index (χ3n) is 3.27. The van der Waals surface area contributed by atoms with Crippen LogP contribution in [0.4, 0.5) is 0 Å². The van der Waals surface area contributed by atoms with Crippen molar-refractivity contribution in [2.24, 2.45) is 0 Å². The summed E-state index contributed by atoms with van der Waals surface area (Å²) in [6.07, 6.45) is 2.12. The summed E-state index contributed by atoms with van der Waals surface area (Å²) in [5.41, 5.74) is 0.958. The third-order valence-corrected chi connectivity index (χ3v) is 3.27. The SMILES string of the molecule is OCC1(c2ccccc2)CCC(O)C1. The average molecular weight is 192 g/mol. The molecule has 0 spiro atoms. The van der Waals surface area contributed by atoms with Crippen LogP contribution in [0, 0.1) is 0 Å². The van der Waals surface area contributed by atoms with E-state index in [1.54, 1.807) is 0 Å². The van der Waals surface area contributed by atoms with Gasteiger partial charge < -0.3 is 10.2 Å². The van der Waals surface area contributed by atoms with Crippen molar-refractivity contribution in [1.29, 1.82) is 0 Å². The molecule has 0 aromatic heterocycles. The first-order chi connectivity index (χ1) is 6.77. The quantitative estimate of drug-likeness (QED) is 0.744. The molecule has 0 amide bonds. The smallest absolute Gasteiger partial charge is 0.0550 e. The molecule has 1 fully saturated rings. The Balaban J connectivity index is 2.30. The Bertz CT molecular complexity index is 296. The molecule has 2 nitrogen and oxygen atoms in total. The Morgan fingerprint density at radius 2 is 2.00 bits per heavy atom. The Hall–Kier alpha value is -0.860. The summed E-state index contributed by atoms with van der Waals surface area (Å²) in [6, 6.07) is 10.0. The van der Waals surface area contributed by atoms with Crippen LogP contribution in [0.3, 0.4) is 0 Å². The molecule has 1 aromatic rings. The van der Waals surface area contributed by atoms with Crippen molar-refractivity contribution < 1.29 is 10.2 Å². The molecular formula is C12H16O2. The number of hydrogen-bond acceptors (Lipinski definition) is 2. The monoisotopic (exact) mass is 192 g/mol. The highest BCUT2D eigenvalue weighted by molar-refractivity contribution is 5.27.